The van der Waals surface area contributed by atoms with Gasteiger partial charge in [-0.2, -0.15) is 4.31 Å². The minimum atomic E-state index is -3.43. The largest absolute Gasteiger partial charge is 0.389 e. The lowest BCUT2D eigenvalue weighted by molar-refractivity contribution is 0.269. The zero-order chi connectivity index (χ0) is 14.8. The van der Waals surface area contributed by atoms with Gasteiger partial charge in [-0.15, -0.1) is 0 Å². The molecule has 20 heavy (non-hydrogen) atoms. The van der Waals surface area contributed by atoms with Crippen molar-refractivity contribution in [3.05, 3.63) is 29.8 Å². The van der Waals surface area contributed by atoms with Crippen molar-refractivity contribution in [1.29, 1.82) is 0 Å². The first-order valence-electron chi connectivity index (χ1n) is 6.85. The van der Waals surface area contributed by atoms with E-state index in [0.29, 0.717) is 24.6 Å². The monoisotopic (exact) mass is 312 g/mol. The molecule has 1 aromatic carbocycles. The maximum Gasteiger partial charge on any atom is 0.243 e. The summed E-state index contributed by atoms with van der Waals surface area (Å²) >= 11 is 4.90. The van der Waals surface area contributed by atoms with Crippen molar-refractivity contribution in [3.63, 3.8) is 0 Å². The molecule has 1 aliphatic heterocycles. The lowest BCUT2D eigenvalue weighted by Gasteiger charge is -2.30. The normalized spacial score (nSPS) is 18.1. The number of hydrogen-bond donors (Lipinski definition) is 1. The Morgan fingerprint density at radius 1 is 1.40 bits per heavy atom. The Kier molecular flexibility index (Phi) is 4.78. The lowest BCUT2D eigenvalue weighted by Crippen LogP contribution is -2.38. The molecule has 0 radical (unpaired) electrons. The Morgan fingerprint density at radius 2 is 2.05 bits per heavy atom. The summed E-state index contributed by atoms with van der Waals surface area (Å²) < 4.78 is 26.8. The first-order valence-corrected chi connectivity index (χ1v) is 8.70. The standard InChI is InChI=1S/C14H20N2O2S2/c1-2-11-6-8-16(9-7-11)20(17,18)13-5-3-4-12(10-13)14(15)19/h3-5,10-11H,2,6-9H2,1H3,(H2,15,19). The Hall–Kier alpha value is -0.980. The van der Waals surface area contributed by atoms with Gasteiger partial charge < -0.3 is 5.73 Å². The molecule has 0 spiro atoms. The van der Waals surface area contributed by atoms with Crippen molar-refractivity contribution in [1.82, 2.24) is 4.31 Å². The molecule has 0 saturated carbocycles. The van der Waals surface area contributed by atoms with Crippen LogP contribution in [0.15, 0.2) is 29.2 Å². The van der Waals surface area contributed by atoms with Crippen LogP contribution >= 0.6 is 12.2 Å². The highest BCUT2D eigenvalue weighted by molar-refractivity contribution is 7.89. The Morgan fingerprint density at radius 3 is 2.60 bits per heavy atom. The van der Waals surface area contributed by atoms with E-state index >= 15 is 0 Å². The van der Waals surface area contributed by atoms with Crippen LogP contribution in [0.1, 0.15) is 31.7 Å². The van der Waals surface area contributed by atoms with Gasteiger partial charge in [0.25, 0.3) is 0 Å². The summed E-state index contributed by atoms with van der Waals surface area (Å²) in [7, 11) is -3.43. The number of nitrogens with two attached hydrogens (primary N) is 1. The zero-order valence-electron chi connectivity index (χ0n) is 11.6. The van der Waals surface area contributed by atoms with Gasteiger partial charge in [0.2, 0.25) is 10.0 Å². The van der Waals surface area contributed by atoms with Gasteiger partial charge in [0.1, 0.15) is 4.99 Å². The van der Waals surface area contributed by atoms with Crippen LogP contribution in [0, 0.1) is 5.92 Å². The van der Waals surface area contributed by atoms with Crippen molar-refractivity contribution in [2.75, 3.05) is 13.1 Å². The smallest absolute Gasteiger partial charge is 0.243 e. The molecule has 0 atom stereocenters. The van der Waals surface area contributed by atoms with Crippen molar-refractivity contribution >= 4 is 27.2 Å². The second-order valence-corrected chi connectivity index (χ2v) is 7.53. The second-order valence-electron chi connectivity index (χ2n) is 5.15. The number of nitrogens with zero attached hydrogens (tertiary/aromatic N) is 1. The molecule has 1 fully saturated rings. The van der Waals surface area contributed by atoms with Crippen LogP contribution in [0.5, 0.6) is 0 Å². The summed E-state index contributed by atoms with van der Waals surface area (Å²) in [6.45, 7) is 3.34. The molecule has 2 N–H and O–H groups in total. The lowest BCUT2D eigenvalue weighted by atomic mass is 9.96. The van der Waals surface area contributed by atoms with E-state index < -0.39 is 10.0 Å². The van der Waals surface area contributed by atoms with Crippen molar-refractivity contribution < 1.29 is 8.42 Å². The molecule has 4 nitrogen and oxygen atoms in total. The third kappa shape index (κ3) is 3.19. The van der Waals surface area contributed by atoms with Crippen LogP contribution in [0.4, 0.5) is 0 Å². The summed E-state index contributed by atoms with van der Waals surface area (Å²) in [6.07, 6.45) is 2.99. The molecule has 6 heteroatoms. The number of thiocarbonyl (C=S) groups is 1. The maximum absolute atomic E-state index is 12.6. The highest BCUT2D eigenvalue weighted by atomic mass is 32.2. The van der Waals surface area contributed by atoms with Gasteiger partial charge in [0.15, 0.2) is 0 Å². The molecule has 1 heterocycles. The van der Waals surface area contributed by atoms with Crippen molar-refractivity contribution in [2.24, 2.45) is 11.7 Å². The van der Waals surface area contributed by atoms with E-state index in [1.165, 1.54) is 0 Å². The molecule has 0 aliphatic carbocycles. The molecule has 2 rings (SSSR count). The topological polar surface area (TPSA) is 63.4 Å². The van der Waals surface area contributed by atoms with Crippen molar-refractivity contribution in [2.45, 2.75) is 31.1 Å². The Balaban J connectivity index is 2.23. The van der Waals surface area contributed by atoms with Gasteiger partial charge in [-0.05, 0) is 30.9 Å². The Bertz CT molecular complexity index is 591. The molecule has 1 aliphatic rings. The SMILES string of the molecule is CCC1CCN(S(=O)(=O)c2cccc(C(N)=S)c2)CC1. The van der Waals surface area contributed by atoms with E-state index in [1.54, 1.807) is 28.6 Å². The number of rotatable bonds is 4. The number of sulfonamides is 1. The fourth-order valence-corrected chi connectivity index (χ4v) is 4.16. The number of piperidine rings is 1. The van der Waals surface area contributed by atoms with E-state index in [-0.39, 0.29) is 9.88 Å². The molecule has 0 amide bonds. The first-order chi connectivity index (χ1) is 9.45. The second kappa shape index (κ2) is 6.20. The predicted molar refractivity (Wildman–Crippen MR) is 84.1 cm³/mol. The van der Waals surface area contributed by atoms with Gasteiger partial charge in [0, 0.05) is 18.7 Å². The predicted octanol–water partition coefficient (Wildman–Crippen LogP) is 2.13. The van der Waals surface area contributed by atoms with E-state index in [1.807, 2.05) is 0 Å². The molecule has 0 unspecified atom stereocenters. The van der Waals surface area contributed by atoms with Gasteiger partial charge in [0.05, 0.1) is 4.90 Å². The molecular formula is C14H20N2O2S2. The van der Waals surface area contributed by atoms with Gasteiger partial charge in [-0.3, -0.25) is 0 Å². The van der Waals surface area contributed by atoms with Crippen LogP contribution in [-0.2, 0) is 10.0 Å². The summed E-state index contributed by atoms with van der Waals surface area (Å²) in [5.74, 6) is 0.643. The van der Waals surface area contributed by atoms with Crippen LogP contribution in [-0.4, -0.2) is 30.8 Å². The van der Waals surface area contributed by atoms with Gasteiger partial charge >= 0.3 is 0 Å². The quantitative estimate of drug-likeness (QED) is 0.865. The third-order valence-electron chi connectivity index (χ3n) is 3.91. The van der Waals surface area contributed by atoms with E-state index in [9.17, 15) is 8.42 Å². The van der Waals surface area contributed by atoms with Crippen LogP contribution in [0.25, 0.3) is 0 Å². The first kappa shape index (κ1) is 15.4. The zero-order valence-corrected chi connectivity index (χ0v) is 13.2. The van der Waals surface area contributed by atoms with Crippen LogP contribution in [0.2, 0.25) is 0 Å². The average Bonchev–Trinajstić information content (AvgIpc) is 2.47. The fourth-order valence-electron chi connectivity index (χ4n) is 2.52. The summed E-state index contributed by atoms with van der Waals surface area (Å²) in [5, 5.41) is 0. The highest BCUT2D eigenvalue weighted by Crippen LogP contribution is 2.25. The average molecular weight is 312 g/mol. The number of hydrogen-bond acceptors (Lipinski definition) is 3. The molecular weight excluding hydrogens is 292 g/mol. The Labute approximate surface area is 126 Å². The van der Waals surface area contributed by atoms with E-state index in [4.69, 9.17) is 18.0 Å². The summed E-state index contributed by atoms with van der Waals surface area (Å²) in [6, 6.07) is 6.57. The van der Waals surface area contributed by atoms with Crippen LogP contribution in [0.3, 0.4) is 0 Å². The van der Waals surface area contributed by atoms with Crippen molar-refractivity contribution in [3.8, 4) is 0 Å². The molecule has 0 aromatic heterocycles. The molecule has 1 saturated heterocycles. The van der Waals surface area contributed by atoms with Gasteiger partial charge in [-0.25, -0.2) is 8.42 Å². The summed E-state index contributed by atoms with van der Waals surface area (Å²) in [4.78, 5) is 0.490. The molecule has 110 valence electrons. The summed E-state index contributed by atoms with van der Waals surface area (Å²) in [5.41, 5.74) is 6.15. The highest BCUT2D eigenvalue weighted by Gasteiger charge is 2.28. The molecule has 0 bridgehead atoms. The fraction of sp³-hybridized carbons (Fsp3) is 0.500. The minimum absolute atomic E-state index is 0.215. The van der Waals surface area contributed by atoms with E-state index in [0.717, 1.165) is 19.3 Å². The maximum atomic E-state index is 12.6. The van der Waals surface area contributed by atoms with Gasteiger partial charge in [-0.1, -0.05) is 37.7 Å². The molecule has 1 aromatic rings. The third-order valence-corrected chi connectivity index (χ3v) is 6.04. The number of benzene rings is 1. The minimum Gasteiger partial charge on any atom is -0.389 e. The van der Waals surface area contributed by atoms with Crippen LogP contribution < -0.4 is 5.73 Å². The van der Waals surface area contributed by atoms with E-state index in [2.05, 4.69) is 6.92 Å².